The Hall–Kier alpha value is -1.15. The molecule has 0 saturated heterocycles. The fraction of sp³-hybridized carbons (Fsp3) is 0.385. The van der Waals surface area contributed by atoms with Crippen LogP contribution < -0.4 is 0 Å². The van der Waals surface area contributed by atoms with Crippen molar-refractivity contribution in [3.8, 4) is 0 Å². The average molecular weight is 313 g/mol. The molecule has 20 heavy (non-hydrogen) atoms. The maximum atomic E-state index is 12.7. The molecule has 2 aromatic heterocycles. The highest BCUT2D eigenvalue weighted by Crippen LogP contribution is 2.35. The molecule has 0 amide bonds. The van der Waals surface area contributed by atoms with Gasteiger partial charge in [-0.25, -0.2) is 8.42 Å². The van der Waals surface area contributed by atoms with Gasteiger partial charge in [0.15, 0.2) is 0 Å². The molecule has 108 valence electrons. The van der Waals surface area contributed by atoms with Gasteiger partial charge in [0.25, 0.3) is 10.0 Å². The zero-order chi connectivity index (χ0) is 14.2. The molecule has 2 heterocycles. The minimum Gasteiger partial charge on any atom is -0.468 e. The quantitative estimate of drug-likeness (QED) is 0.887. The molecule has 1 fully saturated rings. The normalized spacial score (nSPS) is 15.9. The number of thiophene rings is 1. The maximum Gasteiger partial charge on any atom is 0.253 e. The SMILES string of the molecule is O=S(=O)(c1ccc(CO)s1)N(Cc1ccco1)C1CC1. The number of rotatable bonds is 6. The predicted octanol–water partition coefficient (Wildman–Crippen LogP) is 2.19. The van der Waals surface area contributed by atoms with Crippen molar-refractivity contribution in [1.29, 1.82) is 0 Å². The smallest absolute Gasteiger partial charge is 0.253 e. The zero-order valence-electron chi connectivity index (χ0n) is 10.7. The van der Waals surface area contributed by atoms with Crippen molar-refractivity contribution >= 4 is 21.4 Å². The van der Waals surface area contributed by atoms with Gasteiger partial charge in [0, 0.05) is 10.9 Å². The van der Waals surface area contributed by atoms with Crippen LogP contribution in [0.25, 0.3) is 0 Å². The number of furan rings is 1. The number of hydrogen-bond donors (Lipinski definition) is 1. The number of sulfonamides is 1. The molecule has 1 saturated carbocycles. The number of hydrogen-bond acceptors (Lipinski definition) is 5. The molecule has 7 heteroatoms. The second-order valence-electron chi connectivity index (χ2n) is 4.74. The summed E-state index contributed by atoms with van der Waals surface area (Å²) < 4.78 is 32.4. The molecular formula is C13H15NO4S2. The van der Waals surface area contributed by atoms with Crippen LogP contribution >= 0.6 is 11.3 Å². The minimum absolute atomic E-state index is 0.0600. The minimum atomic E-state index is -3.52. The van der Waals surface area contributed by atoms with Gasteiger partial charge in [-0.1, -0.05) is 0 Å². The first-order valence-electron chi connectivity index (χ1n) is 6.35. The molecule has 5 nitrogen and oxygen atoms in total. The Morgan fingerprint density at radius 2 is 2.15 bits per heavy atom. The van der Waals surface area contributed by atoms with Crippen molar-refractivity contribution in [1.82, 2.24) is 4.31 Å². The van der Waals surface area contributed by atoms with E-state index >= 15 is 0 Å². The van der Waals surface area contributed by atoms with E-state index in [1.54, 1.807) is 30.5 Å². The van der Waals surface area contributed by atoms with Gasteiger partial charge in [0.05, 0.1) is 19.4 Å². The summed E-state index contributed by atoms with van der Waals surface area (Å²) in [6, 6.07) is 6.80. The lowest BCUT2D eigenvalue weighted by molar-refractivity contribution is 0.285. The van der Waals surface area contributed by atoms with Crippen molar-refractivity contribution in [2.75, 3.05) is 0 Å². The second kappa shape index (κ2) is 5.33. The first-order chi connectivity index (χ1) is 9.61. The van der Waals surface area contributed by atoms with Gasteiger partial charge in [0.1, 0.15) is 9.97 Å². The summed E-state index contributed by atoms with van der Waals surface area (Å²) >= 11 is 1.12. The molecule has 0 aromatic carbocycles. The standard InChI is InChI=1S/C13H15NO4S2/c15-9-12-5-6-13(19-12)20(16,17)14(10-3-4-10)8-11-2-1-7-18-11/h1-2,5-7,10,15H,3-4,8-9H2. The topological polar surface area (TPSA) is 70.8 Å². The van der Waals surface area contributed by atoms with Crippen LogP contribution in [0.3, 0.4) is 0 Å². The first-order valence-corrected chi connectivity index (χ1v) is 8.60. The van der Waals surface area contributed by atoms with Gasteiger partial charge < -0.3 is 9.52 Å². The molecule has 2 aromatic rings. The van der Waals surface area contributed by atoms with Crippen LogP contribution in [0.15, 0.2) is 39.2 Å². The number of aliphatic hydroxyl groups excluding tert-OH is 1. The van der Waals surface area contributed by atoms with Crippen molar-refractivity contribution in [3.05, 3.63) is 41.2 Å². The Balaban J connectivity index is 1.89. The molecule has 1 aliphatic carbocycles. The molecular weight excluding hydrogens is 298 g/mol. The van der Waals surface area contributed by atoms with E-state index in [0.717, 1.165) is 24.2 Å². The van der Waals surface area contributed by atoms with E-state index < -0.39 is 10.0 Å². The van der Waals surface area contributed by atoms with E-state index in [9.17, 15) is 8.42 Å². The third kappa shape index (κ3) is 2.67. The number of aliphatic hydroxyl groups is 1. The van der Waals surface area contributed by atoms with Crippen LogP contribution in [0.2, 0.25) is 0 Å². The molecule has 0 spiro atoms. The van der Waals surface area contributed by atoms with Gasteiger partial charge in [0.2, 0.25) is 0 Å². The third-order valence-corrected chi connectivity index (χ3v) is 6.64. The van der Waals surface area contributed by atoms with Crippen molar-refractivity contribution in [2.24, 2.45) is 0 Å². The van der Waals surface area contributed by atoms with Crippen LogP contribution in [0, 0.1) is 0 Å². The summed E-state index contributed by atoms with van der Waals surface area (Å²) in [5.41, 5.74) is 0. The van der Waals surface area contributed by atoms with Crippen LogP contribution in [0.1, 0.15) is 23.5 Å². The van der Waals surface area contributed by atoms with Crippen LogP contribution in [0.4, 0.5) is 0 Å². The monoisotopic (exact) mass is 313 g/mol. The molecule has 0 atom stereocenters. The fourth-order valence-electron chi connectivity index (χ4n) is 2.03. The molecule has 0 bridgehead atoms. The molecule has 1 aliphatic rings. The highest BCUT2D eigenvalue weighted by atomic mass is 32.2. The van der Waals surface area contributed by atoms with E-state index in [0.29, 0.717) is 10.6 Å². The van der Waals surface area contributed by atoms with Crippen molar-refractivity contribution in [2.45, 2.75) is 36.2 Å². The highest BCUT2D eigenvalue weighted by molar-refractivity contribution is 7.91. The molecule has 1 N–H and O–H groups in total. The molecule has 0 aliphatic heterocycles. The summed E-state index contributed by atoms with van der Waals surface area (Å²) in [6.07, 6.45) is 3.32. The van der Waals surface area contributed by atoms with Crippen LogP contribution in [-0.2, 0) is 23.2 Å². The lowest BCUT2D eigenvalue weighted by Gasteiger charge is -2.19. The Morgan fingerprint density at radius 3 is 2.70 bits per heavy atom. The summed E-state index contributed by atoms with van der Waals surface area (Å²) in [5, 5.41) is 9.07. The molecule has 3 rings (SSSR count). The zero-order valence-corrected chi connectivity index (χ0v) is 12.4. The van der Waals surface area contributed by atoms with Crippen LogP contribution in [0.5, 0.6) is 0 Å². The molecule has 0 radical (unpaired) electrons. The summed E-state index contributed by atoms with van der Waals surface area (Å²) in [4.78, 5) is 0.650. The van der Waals surface area contributed by atoms with Crippen LogP contribution in [-0.4, -0.2) is 23.9 Å². The Labute approximate surface area is 121 Å². The highest BCUT2D eigenvalue weighted by Gasteiger charge is 2.39. The van der Waals surface area contributed by atoms with E-state index in [1.807, 2.05) is 0 Å². The van der Waals surface area contributed by atoms with Crippen molar-refractivity contribution in [3.63, 3.8) is 0 Å². The number of nitrogens with zero attached hydrogens (tertiary/aromatic N) is 1. The van der Waals surface area contributed by atoms with E-state index in [1.165, 1.54) is 4.31 Å². The van der Waals surface area contributed by atoms with E-state index in [2.05, 4.69) is 0 Å². The lowest BCUT2D eigenvalue weighted by atomic mass is 10.4. The van der Waals surface area contributed by atoms with Gasteiger partial charge >= 0.3 is 0 Å². The molecule has 0 unspecified atom stereocenters. The largest absolute Gasteiger partial charge is 0.468 e. The first kappa shape index (κ1) is 13.8. The Morgan fingerprint density at radius 1 is 1.35 bits per heavy atom. The lowest BCUT2D eigenvalue weighted by Crippen LogP contribution is -2.32. The van der Waals surface area contributed by atoms with Gasteiger partial charge in [-0.2, -0.15) is 4.31 Å². The van der Waals surface area contributed by atoms with Gasteiger partial charge in [-0.05, 0) is 37.1 Å². The van der Waals surface area contributed by atoms with Gasteiger partial charge in [-0.3, -0.25) is 0 Å². The fourth-order valence-corrected chi connectivity index (χ4v) is 5.02. The average Bonchev–Trinajstić information content (AvgIpc) is 2.96. The predicted molar refractivity (Wildman–Crippen MR) is 74.7 cm³/mol. The maximum absolute atomic E-state index is 12.7. The third-order valence-electron chi connectivity index (χ3n) is 3.20. The van der Waals surface area contributed by atoms with E-state index in [4.69, 9.17) is 9.52 Å². The van der Waals surface area contributed by atoms with Gasteiger partial charge in [-0.15, -0.1) is 11.3 Å². The van der Waals surface area contributed by atoms with E-state index in [-0.39, 0.29) is 23.4 Å². The second-order valence-corrected chi connectivity index (χ2v) is 8.03. The summed E-state index contributed by atoms with van der Waals surface area (Å²) in [6.45, 7) is 0.119. The summed E-state index contributed by atoms with van der Waals surface area (Å²) in [7, 11) is -3.52. The Bertz CT molecular complexity index is 671. The summed E-state index contributed by atoms with van der Waals surface area (Å²) in [5.74, 6) is 0.638. The van der Waals surface area contributed by atoms with Crippen molar-refractivity contribution < 1.29 is 17.9 Å². The Kier molecular flexibility index (Phi) is 3.68.